The van der Waals surface area contributed by atoms with Gasteiger partial charge in [0.15, 0.2) is 0 Å². The predicted octanol–water partition coefficient (Wildman–Crippen LogP) is 1.73. The number of piperidine rings is 1. The van der Waals surface area contributed by atoms with E-state index in [9.17, 15) is 9.59 Å². The van der Waals surface area contributed by atoms with Crippen molar-refractivity contribution in [1.82, 2.24) is 19.8 Å². The molecule has 0 unspecified atom stereocenters. The van der Waals surface area contributed by atoms with Crippen LogP contribution in [0.3, 0.4) is 0 Å². The quantitative estimate of drug-likeness (QED) is 0.890. The molecule has 0 bridgehead atoms. The number of likely N-dealkylation sites (tertiary alicyclic amines) is 1. The first kappa shape index (κ1) is 17.7. The molecule has 6 heteroatoms. The summed E-state index contributed by atoms with van der Waals surface area (Å²) >= 11 is 0. The number of amides is 1. The van der Waals surface area contributed by atoms with Gasteiger partial charge < -0.3 is 14.8 Å². The molecule has 4 rings (SSSR count). The lowest BCUT2D eigenvalue weighted by atomic mass is 9.93. The third-order valence-corrected chi connectivity index (χ3v) is 6.22. The van der Waals surface area contributed by atoms with Crippen LogP contribution in [0, 0.1) is 11.8 Å². The van der Waals surface area contributed by atoms with Gasteiger partial charge in [-0.25, -0.2) is 4.98 Å². The summed E-state index contributed by atoms with van der Waals surface area (Å²) in [6.07, 6.45) is 5.84. The molecule has 1 aliphatic carbocycles. The maximum atomic E-state index is 13.0. The zero-order valence-electron chi connectivity index (χ0n) is 16.0. The van der Waals surface area contributed by atoms with Gasteiger partial charge in [-0.1, -0.05) is 0 Å². The van der Waals surface area contributed by atoms with E-state index >= 15 is 0 Å². The summed E-state index contributed by atoms with van der Waals surface area (Å²) in [5.41, 5.74) is 1.61. The zero-order chi connectivity index (χ0) is 18.3. The third-order valence-electron chi connectivity index (χ3n) is 6.22. The van der Waals surface area contributed by atoms with Crippen LogP contribution in [0.25, 0.3) is 0 Å². The van der Waals surface area contributed by atoms with Crippen LogP contribution in [0.15, 0.2) is 4.79 Å². The van der Waals surface area contributed by atoms with Crippen molar-refractivity contribution in [3.05, 3.63) is 27.4 Å². The summed E-state index contributed by atoms with van der Waals surface area (Å²) in [7, 11) is 0. The second-order valence-electron chi connectivity index (χ2n) is 8.50. The first-order valence-corrected chi connectivity index (χ1v) is 10.1. The highest BCUT2D eigenvalue weighted by molar-refractivity contribution is 5.79. The number of hydrogen-bond acceptors (Lipinski definition) is 4. The van der Waals surface area contributed by atoms with E-state index in [1.54, 1.807) is 0 Å². The minimum Gasteiger partial charge on any atom is -0.336 e. The van der Waals surface area contributed by atoms with Gasteiger partial charge >= 0.3 is 0 Å². The smallest absolute Gasteiger partial charge is 0.254 e. The molecule has 1 N–H and O–H groups in total. The molecular weight excluding hydrogens is 328 g/mol. The van der Waals surface area contributed by atoms with E-state index in [1.807, 2.05) is 4.90 Å². The fourth-order valence-electron chi connectivity index (χ4n) is 4.29. The van der Waals surface area contributed by atoms with Crippen molar-refractivity contribution in [1.29, 1.82) is 0 Å². The maximum Gasteiger partial charge on any atom is 0.254 e. The summed E-state index contributed by atoms with van der Waals surface area (Å²) in [4.78, 5) is 37.4. The molecule has 26 heavy (non-hydrogen) atoms. The molecule has 3 heterocycles. The fourth-order valence-corrected chi connectivity index (χ4v) is 4.29. The molecule has 3 aliphatic rings. The summed E-state index contributed by atoms with van der Waals surface area (Å²) in [6.45, 7) is 7.57. The zero-order valence-corrected chi connectivity index (χ0v) is 16.0. The predicted molar refractivity (Wildman–Crippen MR) is 99.8 cm³/mol. The molecule has 0 spiro atoms. The van der Waals surface area contributed by atoms with Crippen LogP contribution in [0.2, 0.25) is 0 Å². The molecule has 2 aliphatic heterocycles. The van der Waals surface area contributed by atoms with Gasteiger partial charge in [0.1, 0.15) is 5.82 Å². The van der Waals surface area contributed by atoms with E-state index in [-0.39, 0.29) is 17.4 Å². The lowest BCUT2D eigenvalue weighted by molar-refractivity contribution is -0.138. The van der Waals surface area contributed by atoms with E-state index in [1.165, 1.54) is 12.8 Å². The van der Waals surface area contributed by atoms with Gasteiger partial charge in [0, 0.05) is 30.5 Å². The van der Waals surface area contributed by atoms with Gasteiger partial charge in [-0.15, -0.1) is 0 Å². The van der Waals surface area contributed by atoms with Gasteiger partial charge in [0.25, 0.3) is 5.56 Å². The van der Waals surface area contributed by atoms with E-state index in [2.05, 4.69) is 23.7 Å². The number of hydrogen-bond donors (Lipinski definition) is 1. The molecule has 1 saturated carbocycles. The van der Waals surface area contributed by atoms with Crippen molar-refractivity contribution in [2.75, 3.05) is 19.6 Å². The minimum absolute atomic E-state index is 0.00277. The molecule has 0 aromatic carbocycles. The normalized spacial score (nSPS) is 21.9. The van der Waals surface area contributed by atoms with Crippen LogP contribution in [-0.2, 0) is 24.2 Å². The van der Waals surface area contributed by atoms with Crippen LogP contribution in [0.4, 0.5) is 0 Å². The van der Waals surface area contributed by atoms with Gasteiger partial charge in [0.2, 0.25) is 5.91 Å². The molecule has 0 radical (unpaired) electrons. The van der Waals surface area contributed by atoms with Crippen molar-refractivity contribution in [3.8, 4) is 0 Å². The monoisotopic (exact) mass is 358 g/mol. The average molecular weight is 358 g/mol. The van der Waals surface area contributed by atoms with Crippen LogP contribution in [0.5, 0.6) is 0 Å². The summed E-state index contributed by atoms with van der Waals surface area (Å²) in [5.74, 6) is 1.86. The number of aromatic amines is 1. The van der Waals surface area contributed by atoms with Crippen molar-refractivity contribution >= 4 is 5.91 Å². The molecule has 6 nitrogen and oxygen atoms in total. The Kier molecular flexibility index (Phi) is 4.86. The van der Waals surface area contributed by atoms with E-state index in [0.29, 0.717) is 31.5 Å². The Hall–Kier alpha value is -1.69. The molecular formula is C20H30N4O2. The van der Waals surface area contributed by atoms with Crippen LogP contribution < -0.4 is 5.56 Å². The SMILES string of the molecule is CC(C)N1CCC(C(=O)N2CCc3c(nc(CC4CC4)[nH]c3=O)C2)CC1. The Morgan fingerprint density at radius 3 is 2.58 bits per heavy atom. The first-order chi connectivity index (χ1) is 12.5. The van der Waals surface area contributed by atoms with Gasteiger partial charge in [-0.2, -0.15) is 0 Å². The molecule has 1 saturated heterocycles. The van der Waals surface area contributed by atoms with Gasteiger partial charge in [-0.3, -0.25) is 9.59 Å². The molecule has 0 atom stereocenters. The van der Waals surface area contributed by atoms with E-state index in [0.717, 1.165) is 49.4 Å². The first-order valence-electron chi connectivity index (χ1n) is 10.1. The number of aromatic nitrogens is 2. The minimum atomic E-state index is 0.00277. The Bertz CT molecular complexity index is 730. The molecule has 2 fully saturated rings. The van der Waals surface area contributed by atoms with Crippen molar-refractivity contribution < 1.29 is 4.79 Å². The summed E-state index contributed by atoms with van der Waals surface area (Å²) < 4.78 is 0. The number of carbonyl (C=O) groups is 1. The number of carbonyl (C=O) groups excluding carboxylic acids is 1. The third kappa shape index (κ3) is 3.70. The maximum absolute atomic E-state index is 13.0. The molecule has 1 amide bonds. The van der Waals surface area contributed by atoms with Crippen LogP contribution >= 0.6 is 0 Å². The van der Waals surface area contributed by atoms with Gasteiger partial charge in [-0.05, 0) is 65.0 Å². The number of rotatable bonds is 4. The van der Waals surface area contributed by atoms with E-state index in [4.69, 9.17) is 4.98 Å². The highest BCUT2D eigenvalue weighted by Crippen LogP contribution is 2.31. The number of nitrogens with zero attached hydrogens (tertiary/aromatic N) is 3. The number of nitrogens with one attached hydrogen (secondary N) is 1. The van der Waals surface area contributed by atoms with Crippen LogP contribution in [-0.4, -0.2) is 51.4 Å². The highest BCUT2D eigenvalue weighted by atomic mass is 16.2. The van der Waals surface area contributed by atoms with Crippen molar-refractivity contribution in [2.24, 2.45) is 11.8 Å². The molecule has 142 valence electrons. The molecule has 1 aromatic heterocycles. The Morgan fingerprint density at radius 1 is 1.19 bits per heavy atom. The summed E-state index contributed by atoms with van der Waals surface area (Å²) in [6, 6.07) is 0.550. The topological polar surface area (TPSA) is 69.3 Å². The lowest BCUT2D eigenvalue weighted by Gasteiger charge is -2.37. The number of fused-ring (bicyclic) bond motifs is 1. The van der Waals surface area contributed by atoms with E-state index < -0.39 is 0 Å². The molecule has 1 aromatic rings. The highest BCUT2D eigenvalue weighted by Gasteiger charge is 2.32. The Balaban J connectivity index is 1.43. The fraction of sp³-hybridized carbons (Fsp3) is 0.750. The largest absolute Gasteiger partial charge is 0.336 e. The standard InChI is InChI=1S/C20H30N4O2/c1-13(2)23-8-5-15(6-9-23)20(26)24-10-7-16-17(12-24)21-18(22-19(16)25)11-14-3-4-14/h13-15H,3-12H2,1-2H3,(H,21,22,25). The van der Waals surface area contributed by atoms with Crippen molar-refractivity contribution in [3.63, 3.8) is 0 Å². The number of H-pyrrole nitrogens is 1. The average Bonchev–Trinajstić information content (AvgIpc) is 3.44. The lowest BCUT2D eigenvalue weighted by Crippen LogP contribution is -2.46. The van der Waals surface area contributed by atoms with Crippen LogP contribution in [0.1, 0.15) is 56.6 Å². The second kappa shape index (κ2) is 7.14. The summed E-state index contributed by atoms with van der Waals surface area (Å²) in [5, 5.41) is 0. The second-order valence-corrected chi connectivity index (χ2v) is 8.50. The Labute approximate surface area is 155 Å². The Morgan fingerprint density at radius 2 is 1.92 bits per heavy atom. The van der Waals surface area contributed by atoms with Crippen molar-refractivity contribution in [2.45, 2.75) is 65.0 Å². The van der Waals surface area contributed by atoms with Gasteiger partial charge in [0.05, 0.1) is 12.2 Å².